The van der Waals surface area contributed by atoms with Crippen LogP contribution < -0.4 is 5.32 Å². The monoisotopic (exact) mass is 339 g/mol. The van der Waals surface area contributed by atoms with Crippen LogP contribution in [0.15, 0.2) is 42.5 Å². The van der Waals surface area contributed by atoms with Crippen molar-refractivity contribution in [3.8, 4) is 5.75 Å². The third-order valence-electron chi connectivity index (χ3n) is 5.55. The molecule has 134 valence electrons. The smallest absolute Gasteiger partial charge is 0.120 e. The molecular formula is C22H29NO2. The maximum Gasteiger partial charge on any atom is 0.120 e. The Kier molecular flexibility index (Phi) is 5.16. The molecule has 0 unspecified atom stereocenters. The molecule has 2 aromatic carbocycles. The summed E-state index contributed by atoms with van der Waals surface area (Å²) in [5.41, 5.74) is 3.50. The topological polar surface area (TPSA) is 52.5 Å². The van der Waals surface area contributed by atoms with E-state index in [2.05, 4.69) is 25.2 Å². The van der Waals surface area contributed by atoms with Gasteiger partial charge in [-0.05, 0) is 69.2 Å². The van der Waals surface area contributed by atoms with Gasteiger partial charge in [-0.25, -0.2) is 0 Å². The molecule has 2 aromatic rings. The van der Waals surface area contributed by atoms with Crippen LogP contribution in [0.2, 0.25) is 0 Å². The molecule has 0 aliphatic heterocycles. The van der Waals surface area contributed by atoms with E-state index in [1.807, 2.05) is 43.3 Å². The number of rotatable bonds is 4. The fourth-order valence-corrected chi connectivity index (χ4v) is 4.26. The van der Waals surface area contributed by atoms with Gasteiger partial charge >= 0.3 is 0 Å². The molecule has 3 heteroatoms. The molecule has 0 amide bonds. The third-order valence-corrected chi connectivity index (χ3v) is 5.55. The lowest BCUT2D eigenvalue weighted by molar-refractivity contribution is -0.00925. The van der Waals surface area contributed by atoms with Crippen LogP contribution in [-0.4, -0.2) is 16.3 Å². The fourth-order valence-electron chi connectivity index (χ4n) is 4.26. The quantitative estimate of drug-likeness (QED) is 0.769. The largest absolute Gasteiger partial charge is 0.508 e. The van der Waals surface area contributed by atoms with E-state index in [9.17, 15) is 10.2 Å². The van der Waals surface area contributed by atoms with Crippen LogP contribution in [-0.2, 0) is 5.60 Å². The first-order chi connectivity index (χ1) is 11.9. The van der Waals surface area contributed by atoms with Gasteiger partial charge in [-0.3, -0.25) is 0 Å². The summed E-state index contributed by atoms with van der Waals surface area (Å²) in [6.07, 6.45) is 3.39. The molecule has 0 spiro atoms. The maximum atomic E-state index is 11.0. The van der Waals surface area contributed by atoms with Crippen LogP contribution in [0.25, 0.3) is 0 Å². The average molecular weight is 339 g/mol. The lowest BCUT2D eigenvalue weighted by atomic mass is 9.77. The van der Waals surface area contributed by atoms with Crippen LogP contribution in [0.4, 0.5) is 0 Å². The molecule has 3 rings (SSSR count). The number of aryl methyl sites for hydroxylation is 2. The molecule has 3 nitrogen and oxygen atoms in total. The highest BCUT2D eigenvalue weighted by Crippen LogP contribution is 2.38. The van der Waals surface area contributed by atoms with Crippen LogP contribution in [0, 0.1) is 13.8 Å². The van der Waals surface area contributed by atoms with Gasteiger partial charge in [0.15, 0.2) is 0 Å². The lowest BCUT2D eigenvalue weighted by Gasteiger charge is -2.38. The Morgan fingerprint density at radius 1 is 1.08 bits per heavy atom. The number of hydrogen-bond donors (Lipinski definition) is 3. The van der Waals surface area contributed by atoms with Crippen molar-refractivity contribution in [2.75, 3.05) is 0 Å². The number of nitrogens with one attached hydrogen (secondary N) is 1. The van der Waals surface area contributed by atoms with E-state index in [1.165, 1.54) is 0 Å². The predicted molar refractivity (Wildman–Crippen MR) is 102 cm³/mol. The number of aromatic hydroxyl groups is 1. The standard InChI is InChI=1S/C22H29NO2/c1-15-13-16(2)21(20(24)14-15)17(3)23-19-9-11-22(25,12-10-19)18-7-5-4-6-8-18/h4-8,13-14,17,19,23-25H,9-12H2,1-3H3/t17-,19?,22?/m0/s1. The minimum atomic E-state index is -0.704. The van der Waals surface area contributed by atoms with E-state index in [1.54, 1.807) is 0 Å². The summed E-state index contributed by atoms with van der Waals surface area (Å²) in [6.45, 7) is 6.16. The minimum Gasteiger partial charge on any atom is -0.508 e. The molecule has 1 atom stereocenters. The molecule has 25 heavy (non-hydrogen) atoms. The fraction of sp³-hybridized carbons (Fsp3) is 0.455. The molecular weight excluding hydrogens is 310 g/mol. The number of hydrogen-bond acceptors (Lipinski definition) is 3. The van der Waals surface area contributed by atoms with Crippen LogP contribution >= 0.6 is 0 Å². The van der Waals surface area contributed by atoms with Gasteiger partial charge in [0.1, 0.15) is 5.75 Å². The zero-order valence-corrected chi connectivity index (χ0v) is 15.4. The lowest BCUT2D eigenvalue weighted by Crippen LogP contribution is -2.40. The average Bonchev–Trinajstić information content (AvgIpc) is 2.57. The van der Waals surface area contributed by atoms with Gasteiger partial charge in [-0.1, -0.05) is 36.4 Å². The summed E-state index contributed by atoms with van der Waals surface area (Å²) in [4.78, 5) is 0. The van der Waals surface area contributed by atoms with Crippen molar-refractivity contribution in [3.63, 3.8) is 0 Å². The minimum absolute atomic E-state index is 0.0912. The molecule has 0 saturated heterocycles. The van der Waals surface area contributed by atoms with E-state index < -0.39 is 5.60 Å². The molecule has 1 fully saturated rings. The molecule has 0 radical (unpaired) electrons. The summed E-state index contributed by atoms with van der Waals surface area (Å²) in [7, 11) is 0. The van der Waals surface area contributed by atoms with Crippen LogP contribution in [0.3, 0.4) is 0 Å². The van der Waals surface area contributed by atoms with Gasteiger partial charge in [0, 0.05) is 17.6 Å². The van der Waals surface area contributed by atoms with Gasteiger partial charge in [-0.2, -0.15) is 0 Å². The SMILES string of the molecule is Cc1cc(C)c([C@H](C)NC2CCC(O)(c3ccccc3)CC2)c(O)c1. The second kappa shape index (κ2) is 7.19. The second-order valence-electron chi connectivity index (χ2n) is 7.57. The predicted octanol–water partition coefficient (Wildman–Crippen LogP) is 4.49. The van der Waals surface area contributed by atoms with Crippen LogP contribution in [0.5, 0.6) is 5.75 Å². The Morgan fingerprint density at radius 2 is 1.72 bits per heavy atom. The summed E-state index contributed by atoms with van der Waals surface area (Å²) in [5.74, 6) is 0.370. The van der Waals surface area contributed by atoms with Gasteiger partial charge in [0.25, 0.3) is 0 Å². The van der Waals surface area contributed by atoms with Crippen molar-refractivity contribution in [1.82, 2.24) is 5.32 Å². The first-order valence-corrected chi connectivity index (χ1v) is 9.23. The summed E-state index contributed by atoms with van der Waals surface area (Å²) in [6, 6.07) is 14.4. The highest BCUT2D eigenvalue weighted by molar-refractivity contribution is 5.44. The molecule has 1 aliphatic rings. The Hall–Kier alpha value is -1.84. The van der Waals surface area contributed by atoms with Gasteiger partial charge in [-0.15, -0.1) is 0 Å². The Bertz CT molecular complexity index is 695. The molecule has 3 N–H and O–H groups in total. The Morgan fingerprint density at radius 3 is 2.32 bits per heavy atom. The van der Waals surface area contributed by atoms with Gasteiger partial charge in [0.2, 0.25) is 0 Å². The van der Waals surface area contributed by atoms with Crippen molar-refractivity contribution < 1.29 is 10.2 Å². The normalized spacial score (nSPS) is 24.9. The summed E-state index contributed by atoms with van der Waals surface area (Å²) < 4.78 is 0. The summed E-state index contributed by atoms with van der Waals surface area (Å²) in [5, 5.41) is 24.9. The Labute approximate surface area is 150 Å². The van der Waals surface area contributed by atoms with Crippen molar-refractivity contribution >= 4 is 0 Å². The van der Waals surface area contributed by atoms with Crippen LogP contribution in [0.1, 0.15) is 60.9 Å². The highest BCUT2D eigenvalue weighted by Gasteiger charge is 2.35. The molecule has 1 saturated carbocycles. The molecule has 0 heterocycles. The van der Waals surface area contributed by atoms with E-state index in [4.69, 9.17) is 0 Å². The summed E-state index contributed by atoms with van der Waals surface area (Å²) >= 11 is 0. The van der Waals surface area contributed by atoms with E-state index in [0.717, 1.165) is 47.9 Å². The van der Waals surface area contributed by atoms with Gasteiger partial charge < -0.3 is 15.5 Å². The van der Waals surface area contributed by atoms with Crippen molar-refractivity contribution in [2.24, 2.45) is 0 Å². The van der Waals surface area contributed by atoms with Gasteiger partial charge in [0.05, 0.1) is 5.60 Å². The van der Waals surface area contributed by atoms with E-state index >= 15 is 0 Å². The highest BCUT2D eigenvalue weighted by atomic mass is 16.3. The Balaban J connectivity index is 1.65. The number of phenols is 1. The van der Waals surface area contributed by atoms with Crippen molar-refractivity contribution in [3.05, 3.63) is 64.7 Å². The number of aliphatic hydroxyl groups is 1. The third kappa shape index (κ3) is 3.88. The first-order valence-electron chi connectivity index (χ1n) is 9.23. The van der Waals surface area contributed by atoms with Crippen molar-refractivity contribution in [2.45, 2.75) is 64.1 Å². The van der Waals surface area contributed by atoms with E-state index in [-0.39, 0.29) is 6.04 Å². The maximum absolute atomic E-state index is 11.0. The molecule has 1 aliphatic carbocycles. The number of benzene rings is 2. The second-order valence-corrected chi connectivity index (χ2v) is 7.57. The first kappa shape index (κ1) is 18.0. The zero-order chi connectivity index (χ0) is 18.0. The van der Waals surface area contributed by atoms with Crippen molar-refractivity contribution in [1.29, 1.82) is 0 Å². The number of phenolic OH excluding ortho intramolecular Hbond substituents is 1. The van der Waals surface area contributed by atoms with E-state index in [0.29, 0.717) is 11.8 Å². The molecule has 0 bridgehead atoms. The molecule has 0 aromatic heterocycles. The zero-order valence-electron chi connectivity index (χ0n) is 15.4.